The molecule has 1 aliphatic heterocycles. The summed E-state index contributed by atoms with van der Waals surface area (Å²) in [5.41, 5.74) is 1.59. The van der Waals surface area contributed by atoms with Crippen LogP contribution in [0.1, 0.15) is 30.5 Å². The molecule has 5 rings (SSSR count). The van der Waals surface area contributed by atoms with E-state index in [1.165, 1.54) is 0 Å². The lowest BCUT2D eigenvalue weighted by Crippen LogP contribution is -2.22. The predicted molar refractivity (Wildman–Crippen MR) is 96.2 cm³/mol. The third-order valence-corrected chi connectivity index (χ3v) is 4.77. The van der Waals surface area contributed by atoms with E-state index in [0.717, 1.165) is 36.6 Å². The first-order valence-electron chi connectivity index (χ1n) is 8.94. The van der Waals surface area contributed by atoms with Gasteiger partial charge in [-0.1, -0.05) is 11.2 Å². The Morgan fingerprint density at radius 3 is 3.00 bits per heavy atom. The molecule has 0 saturated carbocycles. The Hall–Kier alpha value is -3.26. The number of rotatable bonds is 5. The van der Waals surface area contributed by atoms with Crippen molar-refractivity contribution in [2.75, 3.05) is 6.54 Å². The van der Waals surface area contributed by atoms with E-state index in [1.807, 2.05) is 36.4 Å². The predicted octanol–water partition coefficient (Wildman–Crippen LogP) is 3.45. The van der Waals surface area contributed by atoms with Gasteiger partial charge in [0, 0.05) is 12.4 Å². The zero-order chi connectivity index (χ0) is 18.1. The van der Waals surface area contributed by atoms with Crippen molar-refractivity contribution in [1.82, 2.24) is 30.2 Å². The second-order valence-corrected chi connectivity index (χ2v) is 6.54. The zero-order valence-corrected chi connectivity index (χ0v) is 14.6. The third kappa shape index (κ3) is 3.15. The molecule has 0 aromatic carbocycles. The summed E-state index contributed by atoms with van der Waals surface area (Å²) in [7, 11) is 0. The van der Waals surface area contributed by atoms with Gasteiger partial charge in [-0.25, -0.2) is 0 Å². The van der Waals surface area contributed by atoms with Crippen molar-refractivity contribution in [2.24, 2.45) is 0 Å². The van der Waals surface area contributed by atoms with E-state index in [1.54, 1.807) is 12.4 Å². The number of aromatic amines is 1. The fourth-order valence-corrected chi connectivity index (χ4v) is 3.47. The molecule has 0 amide bonds. The summed E-state index contributed by atoms with van der Waals surface area (Å²) >= 11 is 0. The topological polar surface area (TPSA) is 96.9 Å². The van der Waals surface area contributed by atoms with E-state index >= 15 is 0 Å². The first-order chi connectivity index (χ1) is 13.4. The average Bonchev–Trinajstić information content (AvgIpc) is 3.48. The van der Waals surface area contributed by atoms with Crippen LogP contribution in [0.4, 0.5) is 0 Å². The highest BCUT2D eigenvalue weighted by molar-refractivity contribution is 5.51. The Balaban J connectivity index is 1.33. The fourth-order valence-electron chi connectivity index (χ4n) is 3.47. The van der Waals surface area contributed by atoms with Crippen molar-refractivity contribution in [2.45, 2.75) is 25.4 Å². The molecule has 0 spiro atoms. The smallest absolute Gasteiger partial charge is 0.244 e. The quantitative estimate of drug-likeness (QED) is 0.581. The molecule has 1 atom stereocenters. The number of nitrogens with one attached hydrogen (secondary N) is 1. The Labute approximate surface area is 155 Å². The summed E-state index contributed by atoms with van der Waals surface area (Å²) < 4.78 is 11.5. The van der Waals surface area contributed by atoms with E-state index in [2.05, 4.69) is 30.2 Å². The van der Waals surface area contributed by atoms with Crippen molar-refractivity contribution in [3.63, 3.8) is 0 Å². The Morgan fingerprint density at radius 1 is 1.15 bits per heavy atom. The van der Waals surface area contributed by atoms with Crippen LogP contribution in [-0.4, -0.2) is 36.8 Å². The molecule has 1 N–H and O–H groups in total. The molecule has 27 heavy (non-hydrogen) atoms. The Morgan fingerprint density at radius 2 is 2.15 bits per heavy atom. The fraction of sp³-hybridized carbons (Fsp3) is 0.263. The van der Waals surface area contributed by atoms with Crippen LogP contribution in [-0.2, 0) is 6.54 Å². The van der Waals surface area contributed by atoms with Gasteiger partial charge in [0.1, 0.15) is 17.1 Å². The van der Waals surface area contributed by atoms with E-state index in [9.17, 15) is 0 Å². The molecular formula is C19H18N6O2. The molecule has 1 saturated heterocycles. The van der Waals surface area contributed by atoms with Crippen molar-refractivity contribution < 1.29 is 8.94 Å². The summed E-state index contributed by atoms with van der Waals surface area (Å²) in [5, 5.41) is 11.0. The van der Waals surface area contributed by atoms with Crippen molar-refractivity contribution >= 4 is 0 Å². The molecule has 4 aromatic heterocycles. The molecule has 0 unspecified atom stereocenters. The lowest BCUT2D eigenvalue weighted by Gasteiger charge is -2.19. The molecule has 4 aromatic rings. The van der Waals surface area contributed by atoms with Crippen LogP contribution >= 0.6 is 0 Å². The number of pyridine rings is 1. The van der Waals surface area contributed by atoms with Crippen LogP contribution in [0.5, 0.6) is 0 Å². The highest BCUT2D eigenvalue weighted by Gasteiger charge is 2.31. The number of furan rings is 1. The van der Waals surface area contributed by atoms with Crippen molar-refractivity contribution in [3.05, 3.63) is 60.4 Å². The second kappa shape index (κ2) is 6.81. The average molecular weight is 362 g/mol. The van der Waals surface area contributed by atoms with Gasteiger partial charge in [0.2, 0.25) is 11.7 Å². The van der Waals surface area contributed by atoms with Crippen LogP contribution in [0.25, 0.3) is 23.0 Å². The minimum Gasteiger partial charge on any atom is -0.458 e. The maximum Gasteiger partial charge on any atom is 0.244 e. The van der Waals surface area contributed by atoms with Crippen LogP contribution in [0.2, 0.25) is 0 Å². The minimum absolute atomic E-state index is 0.0932. The normalized spacial score (nSPS) is 17.6. The molecule has 0 aliphatic carbocycles. The first kappa shape index (κ1) is 16.0. The van der Waals surface area contributed by atoms with Gasteiger partial charge in [0.15, 0.2) is 5.76 Å². The highest BCUT2D eigenvalue weighted by atomic mass is 16.5. The van der Waals surface area contributed by atoms with E-state index < -0.39 is 0 Å². The number of likely N-dealkylation sites (tertiary alicyclic amines) is 1. The maximum atomic E-state index is 5.96. The third-order valence-electron chi connectivity index (χ3n) is 4.77. The number of nitrogens with zero attached hydrogens (tertiary/aromatic N) is 5. The van der Waals surface area contributed by atoms with Gasteiger partial charge in [0.05, 0.1) is 12.6 Å². The van der Waals surface area contributed by atoms with Crippen LogP contribution < -0.4 is 0 Å². The lowest BCUT2D eigenvalue weighted by molar-refractivity contribution is 0.189. The van der Waals surface area contributed by atoms with Crippen molar-refractivity contribution in [3.8, 4) is 23.0 Å². The molecule has 0 bridgehead atoms. The van der Waals surface area contributed by atoms with E-state index in [0.29, 0.717) is 24.0 Å². The monoisotopic (exact) mass is 362 g/mol. The highest BCUT2D eigenvalue weighted by Crippen LogP contribution is 2.33. The van der Waals surface area contributed by atoms with E-state index in [-0.39, 0.29) is 6.04 Å². The summed E-state index contributed by atoms with van der Waals surface area (Å²) in [5.74, 6) is 2.84. The van der Waals surface area contributed by atoms with E-state index in [4.69, 9.17) is 8.94 Å². The number of aromatic nitrogens is 5. The van der Waals surface area contributed by atoms with Gasteiger partial charge in [-0.15, -0.1) is 0 Å². The molecule has 8 heteroatoms. The minimum atomic E-state index is 0.0932. The molecule has 8 nitrogen and oxygen atoms in total. The molecule has 136 valence electrons. The lowest BCUT2D eigenvalue weighted by atomic mass is 10.2. The van der Waals surface area contributed by atoms with Gasteiger partial charge in [0.25, 0.3) is 0 Å². The Kier molecular flexibility index (Phi) is 4.02. The van der Waals surface area contributed by atoms with Gasteiger partial charge in [-0.2, -0.15) is 10.1 Å². The summed E-state index contributed by atoms with van der Waals surface area (Å²) in [6, 6.07) is 11.6. The number of hydrogen-bond donors (Lipinski definition) is 1. The van der Waals surface area contributed by atoms with Crippen LogP contribution in [0.15, 0.2) is 57.7 Å². The van der Waals surface area contributed by atoms with Crippen molar-refractivity contribution in [1.29, 1.82) is 0 Å². The van der Waals surface area contributed by atoms with Crippen LogP contribution in [0.3, 0.4) is 0 Å². The summed E-state index contributed by atoms with van der Waals surface area (Å²) in [6.07, 6.45) is 5.50. The standard InChI is InChI=1S/C19H18N6O2/c1-2-9-20-15(4-1)18-22-19(27-24-18)16-5-3-11-25(16)12-13-6-7-17(26-13)14-8-10-21-23-14/h1-2,4,6-10,16H,3,5,11-12H2,(H,21,23)/t16-/m0/s1. The molecule has 1 fully saturated rings. The first-order valence-corrected chi connectivity index (χ1v) is 8.94. The largest absolute Gasteiger partial charge is 0.458 e. The van der Waals surface area contributed by atoms with Gasteiger partial charge in [-0.05, 0) is 49.7 Å². The van der Waals surface area contributed by atoms with Gasteiger partial charge in [-0.3, -0.25) is 15.0 Å². The summed E-state index contributed by atoms with van der Waals surface area (Å²) in [4.78, 5) is 11.2. The van der Waals surface area contributed by atoms with Gasteiger partial charge >= 0.3 is 0 Å². The Bertz CT molecular complexity index is 1010. The van der Waals surface area contributed by atoms with Gasteiger partial charge < -0.3 is 8.94 Å². The zero-order valence-electron chi connectivity index (χ0n) is 14.6. The molecule has 5 heterocycles. The maximum absolute atomic E-state index is 5.96. The molecular weight excluding hydrogens is 344 g/mol. The number of hydrogen-bond acceptors (Lipinski definition) is 7. The molecule has 0 radical (unpaired) electrons. The number of H-pyrrole nitrogens is 1. The SMILES string of the molecule is c1ccc(-c2noc([C@@H]3CCCN3Cc3ccc(-c4ccn[nH]4)o3)n2)nc1. The molecule has 1 aliphatic rings. The van der Waals surface area contributed by atoms with Crippen LogP contribution in [0, 0.1) is 0 Å². The summed E-state index contributed by atoms with van der Waals surface area (Å²) in [6.45, 7) is 1.66. The second-order valence-electron chi connectivity index (χ2n) is 6.54.